The first-order chi connectivity index (χ1) is 20.2. The summed E-state index contributed by atoms with van der Waals surface area (Å²) in [7, 11) is 0. The van der Waals surface area contributed by atoms with E-state index in [4.69, 9.17) is 4.74 Å². The van der Waals surface area contributed by atoms with Crippen molar-refractivity contribution in [1.29, 1.82) is 0 Å². The van der Waals surface area contributed by atoms with Gasteiger partial charge in [-0.1, -0.05) is 68.8 Å². The van der Waals surface area contributed by atoms with Crippen LogP contribution in [0.5, 0.6) is 5.75 Å². The fourth-order valence-electron chi connectivity index (χ4n) is 7.39. The summed E-state index contributed by atoms with van der Waals surface area (Å²) < 4.78 is 6.09. The van der Waals surface area contributed by atoms with Gasteiger partial charge >= 0.3 is 5.97 Å². The third-order valence-electron chi connectivity index (χ3n) is 9.24. The van der Waals surface area contributed by atoms with Gasteiger partial charge in [0.1, 0.15) is 11.9 Å². The molecule has 2 aromatic carbocycles. The van der Waals surface area contributed by atoms with Gasteiger partial charge in [0.25, 0.3) is 0 Å². The maximum atomic E-state index is 13.9. The number of nitrogens with zero attached hydrogens (tertiary/aromatic N) is 2. The maximum absolute atomic E-state index is 13.9. The van der Waals surface area contributed by atoms with Crippen molar-refractivity contribution in [2.75, 3.05) is 26.2 Å². The molecule has 0 spiro atoms. The number of piperidine rings is 1. The molecule has 6 heteroatoms. The Morgan fingerprint density at radius 1 is 1.14 bits per heavy atom. The highest BCUT2D eigenvalue weighted by Gasteiger charge is 2.54. The van der Waals surface area contributed by atoms with Crippen LogP contribution < -0.4 is 0 Å². The molecule has 4 rings (SSSR count). The summed E-state index contributed by atoms with van der Waals surface area (Å²) in [6.07, 6.45) is 8.45. The first kappa shape index (κ1) is 31.8. The molecule has 1 aliphatic carbocycles. The number of esters is 1. The lowest BCUT2D eigenvalue weighted by Crippen LogP contribution is -2.62. The number of carbonyl (C=O) groups is 2. The quantitative estimate of drug-likeness (QED) is 0.168. The Kier molecular flexibility index (Phi) is 11.3. The van der Waals surface area contributed by atoms with Gasteiger partial charge in [-0.05, 0) is 67.8 Å². The Bertz CT molecular complexity index is 1180. The number of carbonyl (C=O) groups excluding carboxylic acids is 2. The second-order valence-electron chi connectivity index (χ2n) is 12.8. The minimum atomic E-state index is -0.315. The summed E-state index contributed by atoms with van der Waals surface area (Å²) >= 11 is 0. The third kappa shape index (κ3) is 8.03. The maximum Gasteiger partial charge on any atom is 0.302 e. The zero-order valence-corrected chi connectivity index (χ0v) is 25.8. The van der Waals surface area contributed by atoms with E-state index in [0.29, 0.717) is 25.3 Å². The molecule has 0 aromatic heterocycles. The highest BCUT2D eigenvalue weighted by atomic mass is 16.5. The van der Waals surface area contributed by atoms with Gasteiger partial charge in [0.15, 0.2) is 0 Å². The van der Waals surface area contributed by atoms with Crippen LogP contribution in [0, 0.1) is 11.8 Å². The van der Waals surface area contributed by atoms with Crippen LogP contribution in [-0.2, 0) is 26.2 Å². The van der Waals surface area contributed by atoms with E-state index in [9.17, 15) is 14.7 Å². The Labute approximate surface area is 252 Å². The summed E-state index contributed by atoms with van der Waals surface area (Å²) in [6.45, 7) is 12.9. The Balaban J connectivity index is 1.57. The van der Waals surface area contributed by atoms with Gasteiger partial charge in [-0.25, -0.2) is 0 Å². The van der Waals surface area contributed by atoms with E-state index in [1.807, 2.05) is 24.3 Å². The van der Waals surface area contributed by atoms with Crippen molar-refractivity contribution in [2.24, 2.45) is 11.8 Å². The number of ether oxygens (including phenoxy) is 1. The van der Waals surface area contributed by atoms with Crippen LogP contribution in [0.3, 0.4) is 0 Å². The first-order valence-corrected chi connectivity index (χ1v) is 15.8. The summed E-state index contributed by atoms with van der Waals surface area (Å²) in [5, 5.41) is 10.5. The lowest BCUT2D eigenvalue weighted by molar-refractivity contribution is -0.161. The molecule has 1 saturated heterocycles. The monoisotopic (exact) mass is 574 g/mol. The van der Waals surface area contributed by atoms with Gasteiger partial charge in [0, 0.05) is 56.8 Å². The van der Waals surface area contributed by atoms with Crippen LogP contribution in [0.1, 0.15) is 76.8 Å². The number of rotatable bonds is 13. The predicted molar refractivity (Wildman–Crippen MR) is 168 cm³/mol. The van der Waals surface area contributed by atoms with Crippen LogP contribution in [0.4, 0.5) is 0 Å². The fraction of sp³-hybridized carbons (Fsp3) is 0.556. The van der Waals surface area contributed by atoms with Crippen molar-refractivity contribution in [3.8, 4) is 5.75 Å². The summed E-state index contributed by atoms with van der Waals surface area (Å²) in [4.78, 5) is 30.8. The van der Waals surface area contributed by atoms with Gasteiger partial charge in [-0.2, -0.15) is 0 Å². The molecule has 2 fully saturated rings. The van der Waals surface area contributed by atoms with E-state index >= 15 is 0 Å². The van der Waals surface area contributed by atoms with E-state index in [2.05, 4.69) is 60.6 Å². The molecule has 2 aliphatic rings. The number of hydrogen-bond donors (Lipinski definition) is 1. The molecule has 1 aliphatic heterocycles. The molecular formula is C36H50N2O4. The fourth-order valence-corrected chi connectivity index (χ4v) is 7.39. The van der Waals surface area contributed by atoms with Crippen molar-refractivity contribution < 1.29 is 19.4 Å². The number of phenols is 1. The van der Waals surface area contributed by atoms with Gasteiger partial charge in [-0.15, -0.1) is 6.58 Å². The minimum absolute atomic E-state index is 0.0434. The van der Waals surface area contributed by atoms with Gasteiger partial charge in [-0.3, -0.25) is 14.5 Å². The molecule has 1 unspecified atom stereocenters. The van der Waals surface area contributed by atoms with Crippen LogP contribution in [0.15, 0.2) is 67.3 Å². The molecule has 0 radical (unpaired) electrons. The molecule has 2 aromatic rings. The SMILES string of the molecule is C=CCN1CC[C@@]2(c3cccc(O)c3)C[C@@H](N(CC(C)C)C(=O)CCCCCc3ccccc3)CC(OC(C)=O)[C@@H]2C1. The number of phenolic OH excluding ortho intramolecular Hbond substituents is 1. The van der Waals surface area contributed by atoms with E-state index in [0.717, 1.165) is 63.7 Å². The molecule has 6 nitrogen and oxygen atoms in total. The third-order valence-corrected chi connectivity index (χ3v) is 9.24. The average molecular weight is 575 g/mol. The van der Waals surface area contributed by atoms with E-state index in [1.165, 1.54) is 12.5 Å². The summed E-state index contributed by atoms with van der Waals surface area (Å²) in [5.74, 6) is 0.534. The number of aromatic hydroxyl groups is 1. The van der Waals surface area contributed by atoms with Crippen LogP contribution in [0.25, 0.3) is 0 Å². The van der Waals surface area contributed by atoms with Gasteiger partial charge < -0.3 is 14.7 Å². The number of unbranched alkanes of at least 4 members (excludes halogenated alkanes) is 2. The normalized spacial score (nSPS) is 24.1. The smallest absolute Gasteiger partial charge is 0.302 e. The van der Waals surface area contributed by atoms with Crippen molar-refractivity contribution >= 4 is 11.9 Å². The standard InChI is InChI=1S/C36H50N2O4/c1-5-20-37-21-19-36(30-16-12-17-32(40)22-30)24-31(23-34(33(36)26-37)42-28(4)39)38(25-27(2)3)35(41)18-11-7-10-15-29-13-8-6-9-14-29/h5-6,8-9,12-14,16-17,22,27,31,33-34,40H,1,7,10-11,15,18-21,23-26H2,2-4H3/t31-,33-,34?,36-/m0/s1. The molecule has 1 amide bonds. The summed E-state index contributed by atoms with van der Waals surface area (Å²) in [6, 6.07) is 18.1. The van der Waals surface area contributed by atoms with Crippen LogP contribution in [-0.4, -0.2) is 65.1 Å². The molecule has 1 heterocycles. The second kappa shape index (κ2) is 14.9. The Morgan fingerprint density at radius 3 is 2.62 bits per heavy atom. The number of aryl methyl sites for hydroxylation is 1. The molecule has 0 bridgehead atoms. The molecule has 42 heavy (non-hydrogen) atoms. The zero-order valence-electron chi connectivity index (χ0n) is 25.8. The number of likely N-dealkylation sites (tertiary alicyclic amines) is 1. The molecular weight excluding hydrogens is 524 g/mol. The molecule has 1 N–H and O–H groups in total. The van der Waals surface area contributed by atoms with Gasteiger partial charge in [0.05, 0.1) is 0 Å². The van der Waals surface area contributed by atoms with E-state index < -0.39 is 0 Å². The Morgan fingerprint density at radius 2 is 1.93 bits per heavy atom. The highest BCUT2D eigenvalue weighted by molar-refractivity contribution is 5.76. The van der Waals surface area contributed by atoms with Crippen molar-refractivity contribution in [1.82, 2.24) is 9.80 Å². The van der Waals surface area contributed by atoms with E-state index in [-0.39, 0.29) is 41.1 Å². The zero-order chi connectivity index (χ0) is 30.1. The van der Waals surface area contributed by atoms with E-state index in [1.54, 1.807) is 6.07 Å². The molecule has 4 atom stereocenters. The number of fused-ring (bicyclic) bond motifs is 1. The molecule has 228 valence electrons. The average Bonchev–Trinajstić information content (AvgIpc) is 2.96. The van der Waals surface area contributed by atoms with Crippen molar-refractivity contribution in [3.63, 3.8) is 0 Å². The minimum Gasteiger partial charge on any atom is -0.508 e. The summed E-state index contributed by atoms with van der Waals surface area (Å²) in [5.41, 5.74) is 2.10. The first-order valence-electron chi connectivity index (χ1n) is 15.8. The van der Waals surface area contributed by atoms with Crippen LogP contribution >= 0.6 is 0 Å². The lowest BCUT2D eigenvalue weighted by Gasteiger charge is -2.56. The lowest BCUT2D eigenvalue weighted by atomic mass is 9.56. The van der Waals surface area contributed by atoms with Gasteiger partial charge in [0.2, 0.25) is 5.91 Å². The highest BCUT2D eigenvalue weighted by Crippen LogP contribution is 2.51. The topological polar surface area (TPSA) is 70.1 Å². The second-order valence-corrected chi connectivity index (χ2v) is 12.8. The van der Waals surface area contributed by atoms with Crippen molar-refractivity contribution in [2.45, 2.75) is 89.7 Å². The predicted octanol–water partition coefficient (Wildman–Crippen LogP) is 6.52. The number of amides is 1. The molecule has 1 saturated carbocycles. The Hall–Kier alpha value is -3.12. The largest absolute Gasteiger partial charge is 0.508 e. The number of benzene rings is 2. The van der Waals surface area contributed by atoms with Crippen LogP contribution in [0.2, 0.25) is 0 Å². The van der Waals surface area contributed by atoms with Crippen molar-refractivity contribution in [3.05, 3.63) is 78.4 Å². The number of hydrogen-bond acceptors (Lipinski definition) is 5.